The van der Waals surface area contributed by atoms with Crippen LogP contribution in [0.2, 0.25) is 0 Å². The van der Waals surface area contributed by atoms with Crippen LogP contribution in [-0.2, 0) is 28.6 Å². The molecule has 0 bridgehead atoms. The highest BCUT2D eigenvalue weighted by Gasteiger charge is 2.19. The number of rotatable bonds is 58. The van der Waals surface area contributed by atoms with Crippen LogP contribution < -0.4 is 0 Å². The van der Waals surface area contributed by atoms with Gasteiger partial charge in [0.05, 0.1) is 0 Å². The van der Waals surface area contributed by atoms with E-state index in [-0.39, 0.29) is 31.1 Å². The van der Waals surface area contributed by atoms with Crippen molar-refractivity contribution < 1.29 is 28.6 Å². The van der Waals surface area contributed by atoms with Crippen LogP contribution in [0.3, 0.4) is 0 Å². The molecule has 0 amide bonds. The summed E-state index contributed by atoms with van der Waals surface area (Å²) in [6, 6.07) is 0. The van der Waals surface area contributed by atoms with E-state index in [1.165, 1.54) is 89.9 Å². The fraction of sp³-hybridized carbons (Fsp3) is 0.658. The molecular formula is C73H120O6. The predicted octanol–water partition coefficient (Wildman–Crippen LogP) is 22.5. The van der Waals surface area contributed by atoms with Gasteiger partial charge in [0.2, 0.25) is 0 Å². The molecule has 0 heterocycles. The molecule has 1 atom stereocenters. The largest absolute Gasteiger partial charge is 0.462 e. The van der Waals surface area contributed by atoms with Crippen LogP contribution in [-0.4, -0.2) is 37.2 Å². The molecule has 0 rings (SSSR count). The second-order valence-electron chi connectivity index (χ2n) is 21.3. The van der Waals surface area contributed by atoms with Crippen LogP contribution in [0.4, 0.5) is 0 Å². The Hall–Kier alpha value is -4.45. The highest BCUT2D eigenvalue weighted by molar-refractivity contribution is 5.71. The molecule has 0 fully saturated rings. The Balaban J connectivity index is 4.39. The van der Waals surface area contributed by atoms with E-state index < -0.39 is 6.10 Å². The first-order chi connectivity index (χ1) is 39.0. The average molecular weight is 1090 g/mol. The standard InChI is InChI=1S/C73H120O6/c1-4-7-10-13-16-19-22-25-28-31-32-33-34-35-36-37-38-39-40-41-42-43-46-48-51-54-57-60-63-66-72(75)78-69-70(79-73(76)67-64-61-58-55-52-49-45-30-27-24-21-18-15-12-9-6-3)68-77-71(74)65-62-59-56-53-50-47-44-29-26-23-20-17-14-11-8-5-2/h7,10,16,19-21,23-25,28-30,32-33,35-36,38-39,41-42,44-45,70H,4-6,8-9,11-15,17-18,22,26-27,31,34,37,40,43,46-69H2,1-3H3/b10-7-,19-16-,23-20-,24-21-,28-25-,33-32-,36-35-,39-38-,42-41-,44-29-,45-30-. The summed E-state index contributed by atoms with van der Waals surface area (Å²) in [5.74, 6) is -0.932. The maximum atomic E-state index is 12.9. The van der Waals surface area contributed by atoms with Crippen LogP contribution in [0.15, 0.2) is 134 Å². The first-order valence-electron chi connectivity index (χ1n) is 32.7. The topological polar surface area (TPSA) is 78.9 Å². The van der Waals surface area contributed by atoms with Crippen molar-refractivity contribution in [2.24, 2.45) is 0 Å². The number of hydrogen-bond acceptors (Lipinski definition) is 6. The van der Waals surface area contributed by atoms with E-state index in [1.807, 2.05) is 0 Å². The van der Waals surface area contributed by atoms with Gasteiger partial charge in [0.15, 0.2) is 6.10 Å². The minimum absolute atomic E-state index is 0.0975. The Morgan fingerprint density at radius 3 is 0.772 bits per heavy atom. The number of unbranched alkanes of at least 4 members (excludes halogenated alkanes) is 25. The Labute approximate surface area is 487 Å². The molecule has 6 heteroatoms. The van der Waals surface area contributed by atoms with Gasteiger partial charge in [-0.05, 0) is 141 Å². The van der Waals surface area contributed by atoms with E-state index in [0.717, 1.165) is 161 Å². The first kappa shape index (κ1) is 74.5. The van der Waals surface area contributed by atoms with Crippen molar-refractivity contribution in [1.29, 1.82) is 0 Å². The summed E-state index contributed by atoms with van der Waals surface area (Å²) in [4.78, 5) is 38.3. The minimum atomic E-state index is -0.802. The number of ether oxygens (including phenoxy) is 3. The molecule has 0 saturated carbocycles. The number of carbonyl (C=O) groups excluding carboxylic acids is 3. The molecule has 0 saturated heterocycles. The van der Waals surface area contributed by atoms with Crippen LogP contribution in [0.25, 0.3) is 0 Å². The van der Waals surface area contributed by atoms with Gasteiger partial charge in [-0.2, -0.15) is 0 Å². The van der Waals surface area contributed by atoms with Crippen molar-refractivity contribution in [1.82, 2.24) is 0 Å². The van der Waals surface area contributed by atoms with E-state index in [1.54, 1.807) is 0 Å². The molecule has 0 aliphatic heterocycles. The van der Waals surface area contributed by atoms with Crippen LogP contribution in [0.1, 0.15) is 290 Å². The van der Waals surface area contributed by atoms with Crippen molar-refractivity contribution >= 4 is 17.9 Å². The molecule has 6 nitrogen and oxygen atoms in total. The molecule has 79 heavy (non-hydrogen) atoms. The zero-order valence-electron chi connectivity index (χ0n) is 51.3. The molecule has 0 aromatic heterocycles. The maximum Gasteiger partial charge on any atom is 0.306 e. The Bertz CT molecular complexity index is 1680. The zero-order valence-corrected chi connectivity index (χ0v) is 51.3. The smallest absolute Gasteiger partial charge is 0.306 e. The lowest BCUT2D eigenvalue weighted by Crippen LogP contribution is -2.30. The summed E-state index contributed by atoms with van der Waals surface area (Å²) in [6.45, 7) is 6.47. The van der Waals surface area contributed by atoms with Crippen LogP contribution in [0.5, 0.6) is 0 Å². The van der Waals surface area contributed by atoms with Gasteiger partial charge in [-0.1, -0.05) is 264 Å². The van der Waals surface area contributed by atoms with Gasteiger partial charge in [0.25, 0.3) is 0 Å². The highest BCUT2D eigenvalue weighted by atomic mass is 16.6. The summed E-state index contributed by atoms with van der Waals surface area (Å²) in [5.41, 5.74) is 0. The molecule has 0 spiro atoms. The predicted molar refractivity (Wildman–Crippen MR) is 343 cm³/mol. The molecule has 0 aliphatic rings. The highest BCUT2D eigenvalue weighted by Crippen LogP contribution is 2.14. The van der Waals surface area contributed by atoms with E-state index in [4.69, 9.17) is 14.2 Å². The molecule has 0 aromatic carbocycles. The van der Waals surface area contributed by atoms with Crippen molar-refractivity contribution in [3.8, 4) is 0 Å². The van der Waals surface area contributed by atoms with E-state index in [0.29, 0.717) is 19.3 Å². The SMILES string of the molecule is CC/C=C\C/C=C\C/C=C\C/C=C\C/C=C\C/C=C\C/C=C\CCCCCCCCCC(=O)OCC(COC(=O)CCCCCCC/C=C\C/C=C\CCCCCC)OC(=O)CCCCCCC/C=C\C/C=C\CCCCCC. The monoisotopic (exact) mass is 1090 g/mol. The zero-order chi connectivity index (χ0) is 57.1. The molecule has 448 valence electrons. The molecule has 0 aliphatic carbocycles. The number of carbonyl (C=O) groups is 3. The molecule has 0 aromatic rings. The van der Waals surface area contributed by atoms with Crippen molar-refractivity contribution in [3.63, 3.8) is 0 Å². The lowest BCUT2D eigenvalue weighted by molar-refractivity contribution is -0.167. The number of esters is 3. The van der Waals surface area contributed by atoms with Gasteiger partial charge in [-0.25, -0.2) is 0 Å². The Kier molecular flexibility index (Phi) is 62.3. The minimum Gasteiger partial charge on any atom is -0.462 e. The summed E-state index contributed by atoms with van der Waals surface area (Å²) < 4.78 is 16.9. The van der Waals surface area contributed by atoms with Gasteiger partial charge in [-0.15, -0.1) is 0 Å². The summed E-state index contributed by atoms with van der Waals surface area (Å²) in [6.07, 6.45) is 93.1. The number of allylic oxidation sites excluding steroid dienone is 22. The third-order valence-corrected chi connectivity index (χ3v) is 13.6. The van der Waals surface area contributed by atoms with Crippen molar-refractivity contribution in [3.05, 3.63) is 134 Å². The lowest BCUT2D eigenvalue weighted by atomic mass is 10.1. The van der Waals surface area contributed by atoms with Gasteiger partial charge in [0.1, 0.15) is 13.2 Å². The molecular weight excluding hydrogens is 973 g/mol. The van der Waals surface area contributed by atoms with Crippen molar-refractivity contribution in [2.75, 3.05) is 13.2 Å². The van der Waals surface area contributed by atoms with Gasteiger partial charge >= 0.3 is 17.9 Å². The Morgan fingerprint density at radius 2 is 0.494 bits per heavy atom. The fourth-order valence-electron chi connectivity index (χ4n) is 8.72. The first-order valence-corrected chi connectivity index (χ1v) is 32.7. The molecule has 0 N–H and O–H groups in total. The lowest BCUT2D eigenvalue weighted by Gasteiger charge is -2.18. The Morgan fingerprint density at radius 1 is 0.266 bits per heavy atom. The van der Waals surface area contributed by atoms with E-state index in [9.17, 15) is 14.4 Å². The fourth-order valence-corrected chi connectivity index (χ4v) is 8.72. The molecule has 1 unspecified atom stereocenters. The maximum absolute atomic E-state index is 12.9. The summed E-state index contributed by atoms with van der Waals surface area (Å²) in [5, 5.41) is 0. The molecule has 0 radical (unpaired) electrons. The summed E-state index contributed by atoms with van der Waals surface area (Å²) >= 11 is 0. The second-order valence-corrected chi connectivity index (χ2v) is 21.3. The third-order valence-electron chi connectivity index (χ3n) is 13.6. The second kappa shape index (κ2) is 66.1. The quantitative estimate of drug-likeness (QED) is 0.0261. The summed E-state index contributed by atoms with van der Waals surface area (Å²) in [7, 11) is 0. The van der Waals surface area contributed by atoms with Crippen molar-refractivity contribution in [2.45, 2.75) is 297 Å². The normalized spacial score (nSPS) is 13.0. The third kappa shape index (κ3) is 64.3. The van der Waals surface area contributed by atoms with Crippen LogP contribution in [0, 0.1) is 0 Å². The van der Waals surface area contributed by atoms with Gasteiger partial charge < -0.3 is 14.2 Å². The van der Waals surface area contributed by atoms with E-state index in [2.05, 4.69) is 154 Å². The number of hydrogen-bond donors (Lipinski definition) is 0. The van der Waals surface area contributed by atoms with Crippen LogP contribution >= 0.6 is 0 Å². The average Bonchev–Trinajstić information content (AvgIpc) is 3.45. The van der Waals surface area contributed by atoms with Gasteiger partial charge in [0, 0.05) is 19.3 Å². The van der Waals surface area contributed by atoms with Gasteiger partial charge in [-0.3, -0.25) is 14.4 Å². The van der Waals surface area contributed by atoms with E-state index >= 15 is 0 Å².